The molecule has 4 rings (SSSR count). The van der Waals surface area contributed by atoms with Gasteiger partial charge in [-0.25, -0.2) is 9.50 Å². The number of nitrogens with one attached hydrogen (secondary N) is 2. The maximum absolute atomic E-state index is 12.8. The number of hydrogen-bond acceptors (Lipinski definition) is 5. The summed E-state index contributed by atoms with van der Waals surface area (Å²) in [5, 5.41) is 9.82. The van der Waals surface area contributed by atoms with Crippen LogP contribution in [0.15, 0.2) is 54.6 Å². The van der Waals surface area contributed by atoms with E-state index in [2.05, 4.69) is 25.7 Å². The van der Waals surface area contributed by atoms with E-state index in [0.29, 0.717) is 22.7 Å². The van der Waals surface area contributed by atoms with E-state index < -0.39 is 5.91 Å². The van der Waals surface area contributed by atoms with Crippen LogP contribution in [0.2, 0.25) is 0 Å². The Balaban J connectivity index is 1.59. The smallest absolute Gasteiger partial charge is 0.295 e. The van der Waals surface area contributed by atoms with Crippen molar-refractivity contribution in [3.63, 3.8) is 0 Å². The average molecular weight is 400 g/mol. The summed E-state index contributed by atoms with van der Waals surface area (Å²) in [6, 6.07) is 16.1. The lowest BCUT2D eigenvalue weighted by atomic mass is 10.1. The first-order valence-corrected chi connectivity index (χ1v) is 9.40. The molecule has 2 heterocycles. The molecule has 8 nitrogen and oxygen atoms in total. The van der Waals surface area contributed by atoms with Crippen molar-refractivity contribution in [2.45, 2.75) is 20.8 Å². The molecule has 0 saturated heterocycles. The van der Waals surface area contributed by atoms with Crippen molar-refractivity contribution in [1.82, 2.24) is 19.6 Å². The lowest BCUT2D eigenvalue weighted by Gasteiger charge is -2.11. The molecule has 2 aromatic carbocycles. The van der Waals surface area contributed by atoms with Crippen LogP contribution in [0.3, 0.4) is 0 Å². The van der Waals surface area contributed by atoms with Crippen LogP contribution in [0.25, 0.3) is 5.78 Å². The molecule has 30 heavy (non-hydrogen) atoms. The zero-order chi connectivity index (χ0) is 21.3. The quantitative estimate of drug-likeness (QED) is 0.545. The van der Waals surface area contributed by atoms with E-state index in [1.54, 1.807) is 24.3 Å². The Morgan fingerprint density at radius 2 is 1.67 bits per heavy atom. The highest BCUT2D eigenvalue weighted by atomic mass is 16.2. The lowest BCUT2D eigenvalue weighted by molar-refractivity contribution is 0.101. The number of para-hydroxylation sites is 1. The van der Waals surface area contributed by atoms with E-state index in [9.17, 15) is 9.59 Å². The molecule has 0 spiro atoms. The van der Waals surface area contributed by atoms with Crippen molar-refractivity contribution >= 4 is 29.0 Å². The second-order valence-electron chi connectivity index (χ2n) is 7.01. The SMILES string of the molecule is Cc1cccc(NC(=O)c2ccccc2NC(=O)c2nc3nc(C)cc(C)n3n2)c1. The Bertz CT molecular complexity index is 1280. The van der Waals surface area contributed by atoms with Crippen molar-refractivity contribution in [2.24, 2.45) is 0 Å². The Morgan fingerprint density at radius 1 is 0.867 bits per heavy atom. The van der Waals surface area contributed by atoms with E-state index >= 15 is 0 Å². The molecule has 0 unspecified atom stereocenters. The number of carbonyl (C=O) groups is 2. The number of anilines is 2. The van der Waals surface area contributed by atoms with E-state index in [1.165, 1.54) is 4.52 Å². The molecule has 2 aromatic heterocycles. The number of amides is 2. The fraction of sp³-hybridized carbons (Fsp3) is 0.136. The average Bonchev–Trinajstić information content (AvgIpc) is 3.13. The molecule has 0 atom stereocenters. The molecular formula is C22H20N6O2. The lowest BCUT2D eigenvalue weighted by Crippen LogP contribution is -2.19. The zero-order valence-corrected chi connectivity index (χ0v) is 16.8. The van der Waals surface area contributed by atoms with Crippen LogP contribution in [0.1, 0.15) is 37.9 Å². The number of nitrogens with zero attached hydrogens (tertiary/aromatic N) is 4. The van der Waals surface area contributed by atoms with E-state index in [4.69, 9.17) is 0 Å². The highest BCUT2D eigenvalue weighted by Gasteiger charge is 2.18. The summed E-state index contributed by atoms with van der Waals surface area (Å²) in [6.07, 6.45) is 0. The van der Waals surface area contributed by atoms with Gasteiger partial charge in [0.1, 0.15) is 0 Å². The molecular weight excluding hydrogens is 380 g/mol. The van der Waals surface area contributed by atoms with Crippen LogP contribution < -0.4 is 10.6 Å². The molecule has 0 aliphatic carbocycles. The molecule has 0 fully saturated rings. The Kier molecular flexibility index (Phi) is 4.97. The second-order valence-corrected chi connectivity index (χ2v) is 7.01. The molecule has 8 heteroatoms. The molecule has 0 aliphatic heterocycles. The first kappa shape index (κ1) is 19.3. The van der Waals surface area contributed by atoms with E-state index in [-0.39, 0.29) is 11.7 Å². The third kappa shape index (κ3) is 3.88. The van der Waals surface area contributed by atoms with Gasteiger partial charge in [-0.2, -0.15) is 4.98 Å². The van der Waals surface area contributed by atoms with Gasteiger partial charge in [-0.15, -0.1) is 5.10 Å². The van der Waals surface area contributed by atoms with Gasteiger partial charge >= 0.3 is 0 Å². The van der Waals surface area contributed by atoms with Crippen LogP contribution in [0, 0.1) is 20.8 Å². The minimum atomic E-state index is -0.520. The molecule has 4 aromatic rings. The fourth-order valence-corrected chi connectivity index (χ4v) is 3.15. The van der Waals surface area contributed by atoms with Crippen LogP contribution in [-0.2, 0) is 0 Å². The van der Waals surface area contributed by atoms with Crippen molar-refractivity contribution in [1.29, 1.82) is 0 Å². The van der Waals surface area contributed by atoms with Gasteiger partial charge in [-0.1, -0.05) is 24.3 Å². The zero-order valence-electron chi connectivity index (χ0n) is 16.8. The summed E-state index contributed by atoms with van der Waals surface area (Å²) in [6.45, 7) is 5.66. The Labute approximate surface area is 173 Å². The maximum atomic E-state index is 12.8. The van der Waals surface area contributed by atoms with Gasteiger partial charge in [0.05, 0.1) is 11.3 Å². The van der Waals surface area contributed by atoms with Crippen LogP contribution in [0.4, 0.5) is 11.4 Å². The number of hydrogen-bond donors (Lipinski definition) is 2. The standard InChI is InChI=1S/C22H20N6O2/c1-13-7-6-8-16(11-13)24-20(29)17-9-4-5-10-18(17)25-21(30)19-26-22-23-14(2)12-15(3)28(22)27-19/h4-12H,1-3H3,(H,24,29)(H,25,30). The van der Waals surface area contributed by atoms with Crippen molar-refractivity contribution in [3.8, 4) is 0 Å². The molecule has 150 valence electrons. The number of aromatic nitrogens is 4. The van der Waals surface area contributed by atoms with Crippen LogP contribution in [-0.4, -0.2) is 31.4 Å². The predicted octanol–water partition coefficient (Wildman–Crippen LogP) is 3.55. The van der Waals surface area contributed by atoms with Gasteiger partial charge in [0, 0.05) is 17.1 Å². The molecule has 0 saturated carbocycles. The van der Waals surface area contributed by atoms with Crippen molar-refractivity contribution < 1.29 is 9.59 Å². The topological polar surface area (TPSA) is 101 Å². The van der Waals surface area contributed by atoms with E-state index in [0.717, 1.165) is 17.0 Å². The summed E-state index contributed by atoms with van der Waals surface area (Å²) in [5.41, 5.74) is 4.03. The highest BCUT2D eigenvalue weighted by Crippen LogP contribution is 2.19. The van der Waals surface area contributed by atoms with Gasteiger partial charge < -0.3 is 10.6 Å². The van der Waals surface area contributed by atoms with Gasteiger partial charge in [0.15, 0.2) is 0 Å². The number of benzene rings is 2. The summed E-state index contributed by atoms with van der Waals surface area (Å²) in [7, 11) is 0. The van der Waals surface area contributed by atoms with Crippen molar-refractivity contribution in [2.75, 3.05) is 10.6 Å². The molecule has 0 aliphatic rings. The first-order chi connectivity index (χ1) is 14.4. The van der Waals surface area contributed by atoms with Crippen LogP contribution in [0.5, 0.6) is 0 Å². The number of rotatable bonds is 4. The number of carbonyl (C=O) groups excluding carboxylic acids is 2. The summed E-state index contributed by atoms with van der Waals surface area (Å²) in [4.78, 5) is 34.0. The van der Waals surface area contributed by atoms with Crippen molar-refractivity contribution in [3.05, 3.63) is 82.9 Å². The normalized spacial score (nSPS) is 10.8. The summed E-state index contributed by atoms with van der Waals surface area (Å²) < 4.78 is 1.51. The fourth-order valence-electron chi connectivity index (χ4n) is 3.15. The summed E-state index contributed by atoms with van der Waals surface area (Å²) >= 11 is 0. The number of fused-ring (bicyclic) bond motifs is 1. The first-order valence-electron chi connectivity index (χ1n) is 9.40. The van der Waals surface area contributed by atoms with Gasteiger partial charge in [-0.05, 0) is 56.7 Å². The predicted molar refractivity (Wildman–Crippen MR) is 114 cm³/mol. The third-order valence-corrected chi connectivity index (χ3v) is 4.52. The van der Waals surface area contributed by atoms with Gasteiger partial charge in [-0.3, -0.25) is 9.59 Å². The molecule has 0 radical (unpaired) electrons. The van der Waals surface area contributed by atoms with Gasteiger partial charge in [0.25, 0.3) is 17.6 Å². The maximum Gasteiger partial charge on any atom is 0.295 e. The van der Waals surface area contributed by atoms with E-state index in [1.807, 2.05) is 51.1 Å². The Morgan fingerprint density at radius 3 is 2.47 bits per heavy atom. The second kappa shape index (κ2) is 7.75. The molecule has 2 amide bonds. The third-order valence-electron chi connectivity index (χ3n) is 4.52. The monoisotopic (exact) mass is 400 g/mol. The molecule has 2 N–H and O–H groups in total. The van der Waals surface area contributed by atoms with Gasteiger partial charge in [0.2, 0.25) is 5.82 Å². The largest absolute Gasteiger partial charge is 0.322 e. The Hall–Kier alpha value is -4.07. The summed E-state index contributed by atoms with van der Waals surface area (Å²) in [5.74, 6) is -0.519. The number of aryl methyl sites for hydroxylation is 3. The van der Waals surface area contributed by atoms with Crippen LogP contribution >= 0.6 is 0 Å². The highest BCUT2D eigenvalue weighted by molar-refractivity contribution is 6.11. The minimum absolute atomic E-state index is 0.0231. The molecule has 0 bridgehead atoms. The minimum Gasteiger partial charge on any atom is -0.322 e.